The molecule has 0 fully saturated rings. The summed E-state index contributed by atoms with van der Waals surface area (Å²) in [5, 5.41) is 6.10. The Morgan fingerprint density at radius 1 is 0.842 bits per heavy atom. The fourth-order valence-electron chi connectivity index (χ4n) is 4.40. The van der Waals surface area contributed by atoms with Gasteiger partial charge in [-0.3, -0.25) is 19.0 Å². The molecule has 0 spiro atoms. The van der Waals surface area contributed by atoms with E-state index >= 15 is 0 Å². The molecule has 2 amide bonds. The number of rotatable bonds is 10. The van der Waals surface area contributed by atoms with Gasteiger partial charge in [0.2, 0.25) is 11.8 Å². The number of carbonyl (C=O) groups excluding carboxylic acids is 2. The number of carbonyl (C=O) groups is 2. The normalized spacial score (nSPS) is 10.9. The molecule has 8 heteroatoms. The number of fused-ring (bicyclic) bond motifs is 1. The summed E-state index contributed by atoms with van der Waals surface area (Å²) in [4.78, 5) is 52.1. The summed E-state index contributed by atoms with van der Waals surface area (Å²) in [5.41, 5.74) is 2.12. The van der Waals surface area contributed by atoms with Crippen molar-refractivity contribution >= 4 is 28.4 Å². The van der Waals surface area contributed by atoms with Crippen LogP contribution in [-0.4, -0.2) is 27.5 Å². The fraction of sp³-hybridized carbons (Fsp3) is 0.267. The molecule has 0 unspecified atom stereocenters. The molecule has 0 saturated heterocycles. The molecule has 38 heavy (non-hydrogen) atoms. The third-order valence-electron chi connectivity index (χ3n) is 6.44. The van der Waals surface area contributed by atoms with Crippen LogP contribution in [-0.2, 0) is 29.0 Å². The van der Waals surface area contributed by atoms with Crippen molar-refractivity contribution in [3.05, 3.63) is 105 Å². The number of anilines is 1. The van der Waals surface area contributed by atoms with E-state index in [1.165, 1.54) is 4.57 Å². The quantitative estimate of drug-likeness (QED) is 0.316. The van der Waals surface area contributed by atoms with Gasteiger partial charge in [0.25, 0.3) is 5.56 Å². The van der Waals surface area contributed by atoms with Gasteiger partial charge in [0.15, 0.2) is 0 Å². The van der Waals surface area contributed by atoms with E-state index in [1.54, 1.807) is 48.5 Å². The maximum Gasteiger partial charge on any atom is 0.336 e. The molecule has 8 nitrogen and oxygen atoms in total. The Morgan fingerprint density at radius 2 is 1.55 bits per heavy atom. The number of para-hydroxylation sites is 2. The first-order valence-corrected chi connectivity index (χ1v) is 12.9. The molecule has 2 N–H and O–H groups in total. The predicted molar refractivity (Wildman–Crippen MR) is 150 cm³/mol. The predicted octanol–water partition coefficient (Wildman–Crippen LogP) is 3.81. The molecule has 0 aliphatic carbocycles. The van der Waals surface area contributed by atoms with Crippen molar-refractivity contribution in [3.8, 4) is 5.69 Å². The molecule has 1 heterocycles. The Labute approximate surface area is 220 Å². The monoisotopic (exact) mass is 512 g/mol. The number of aryl methyl sites for hydroxylation is 1. The van der Waals surface area contributed by atoms with Crippen molar-refractivity contribution in [1.29, 1.82) is 0 Å². The van der Waals surface area contributed by atoms with E-state index in [4.69, 9.17) is 0 Å². The van der Waals surface area contributed by atoms with Gasteiger partial charge < -0.3 is 10.6 Å². The van der Waals surface area contributed by atoms with Gasteiger partial charge in [0.05, 0.1) is 23.0 Å². The summed E-state index contributed by atoms with van der Waals surface area (Å²) >= 11 is 0. The maximum atomic E-state index is 13.6. The number of benzene rings is 3. The Hall–Kier alpha value is -4.46. The fourth-order valence-corrected chi connectivity index (χ4v) is 4.40. The topological polar surface area (TPSA) is 102 Å². The van der Waals surface area contributed by atoms with Crippen LogP contribution in [0.4, 0.5) is 5.69 Å². The lowest BCUT2D eigenvalue weighted by atomic mass is 10.1. The molecule has 0 saturated carbocycles. The summed E-state index contributed by atoms with van der Waals surface area (Å²) in [6.07, 6.45) is 2.88. The molecular weight excluding hydrogens is 480 g/mol. The van der Waals surface area contributed by atoms with Crippen LogP contribution in [0.1, 0.15) is 37.8 Å². The minimum absolute atomic E-state index is 0.0768. The van der Waals surface area contributed by atoms with Crippen molar-refractivity contribution in [3.63, 3.8) is 0 Å². The molecule has 0 aliphatic heterocycles. The Morgan fingerprint density at radius 3 is 2.29 bits per heavy atom. The zero-order valence-corrected chi connectivity index (χ0v) is 21.7. The van der Waals surface area contributed by atoms with E-state index in [0.717, 1.165) is 35.0 Å². The van der Waals surface area contributed by atoms with Crippen LogP contribution in [0.2, 0.25) is 0 Å². The summed E-state index contributed by atoms with van der Waals surface area (Å²) < 4.78 is 2.39. The Kier molecular flexibility index (Phi) is 8.53. The van der Waals surface area contributed by atoms with Gasteiger partial charge in [0, 0.05) is 12.2 Å². The minimum atomic E-state index is -0.613. The van der Waals surface area contributed by atoms with Gasteiger partial charge in [-0.05, 0) is 54.3 Å². The molecule has 4 aromatic rings. The van der Waals surface area contributed by atoms with Crippen molar-refractivity contribution in [2.75, 3.05) is 11.9 Å². The molecule has 1 aromatic heterocycles. The summed E-state index contributed by atoms with van der Waals surface area (Å²) in [6, 6.07) is 21.0. The second-order valence-corrected chi connectivity index (χ2v) is 9.13. The SMILES string of the molecule is CCCCNC(=O)Cc1ccc(-n2c(=O)c3ccccc3n(CC(=O)Nc3ccccc3CC)c2=O)cc1. The molecular formula is C30H32N4O4. The van der Waals surface area contributed by atoms with E-state index < -0.39 is 11.2 Å². The van der Waals surface area contributed by atoms with Gasteiger partial charge >= 0.3 is 5.69 Å². The van der Waals surface area contributed by atoms with Crippen molar-refractivity contribution in [2.24, 2.45) is 0 Å². The van der Waals surface area contributed by atoms with Crippen LogP contribution in [0.3, 0.4) is 0 Å². The lowest BCUT2D eigenvalue weighted by Gasteiger charge is -2.15. The zero-order chi connectivity index (χ0) is 27.1. The van der Waals surface area contributed by atoms with Crippen LogP contribution in [0.25, 0.3) is 16.6 Å². The summed E-state index contributed by atoms with van der Waals surface area (Å²) in [5.74, 6) is -0.445. The smallest absolute Gasteiger partial charge is 0.336 e. The van der Waals surface area contributed by atoms with Gasteiger partial charge in [-0.2, -0.15) is 0 Å². The number of aromatic nitrogens is 2. The largest absolute Gasteiger partial charge is 0.356 e. The second-order valence-electron chi connectivity index (χ2n) is 9.13. The van der Waals surface area contributed by atoms with Gasteiger partial charge in [-0.25, -0.2) is 9.36 Å². The molecule has 196 valence electrons. The van der Waals surface area contributed by atoms with Crippen LogP contribution in [0.15, 0.2) is 82.4 Å². The average molecular weight is 513 g/mol. The minimum Gasteiger partial charge on any atom is -0.356 e. The molecule has 0 bridgehead atoms. The first kappa shape index (κ1) is 26.6. The third-order valence-corrected chi connectivity index (χ3v) is 6.44. The van der Waals surface area contributed by atoms with E-state index in [1.807, 2.05) is 31.2 Å². The van der Waals surface area contributed by atoms with Crippen LogP contribution in [0.5, 0.6) is 0 Å². The zero-order valence-electron chi connectivity index (χ0n) is 21.7. The third kappa shape index (κ3) is 5.91. The highest BCUT2D eigenvalue weighted by Crippen LogP contribution is 2.16. The van der Waals surface area contributed by atoms with E-state index in [2.05, 4.69) is 17.6 Å². The number of hydrogen-bond acceptors (Lipinski definition) is 4. The highest BCUT2D eigenvalue weighted by molar-refractivity contribution is 5.92. The average Bonchev–Trinajstić information content (AvgIpc) is 2.92. The van der Waals surface area contributed by atoms with Gasteiger partial charge in [-0.15, -0.1) is 0 Å². The lowest BCUT2D eigenvalue weighted by molar-refractivity contribution is -0.120. The van der Waals surface area contributed by atoms with Crippen LogP contribution < -0.4 is 21.9 Å². The number of amides is 2. The second kappa shape index (κ2) is 12.2. The molecule has 0 radical (unpaired) electrons. The molecule has 3 aromatic carbocycles. The van der Waals surface area contributed by atoms with E-state index in [0.29, 0.717) is 28.8 Å². The number of nitrogens with one attached hydrogen (secondary N) is 2. The highest BCUT2D eigenvalue weighted by atomic mass is 16.2. The lowest BCUT2D eigenvalue weighted by Crippen LogP contribution is -2.40. The van der Waals surface area contributed by atoms with E-state index in [-0.39, 0.29) is 24.8 Å². The Bertz CT molecular complexity index is 1570. The van der Waals surface area contributed by atoms with Crippen LogP contribution >= 0.6 is 0 Å². The number of nitrogens with zero attached hydrogens (tertiary/aromatic N) is 2. The maximum absolute atomic E-state index is 13.6. The van der Waals surface area contributed by atoms with Crippen molar-refractivity contribution < 1.29 is 9.59 Å². The molecule has 0 atom stereocenters. The first-order chi connectivity index (χ1) is 18.4. The van der Waals surface area contributed by atoms with Gasteiger partial charge in [0.1, 0.15) is 6.54 Å². The molecule has 4 rings (SSSR count). The summed E-state index contributed by atoms with van der Waals surface area (Å²) in [6.45, 7) is 4.44. The Balaban J connectivity index is 1.66. The van der Waals surface area contributed by atoms with Crippen molar-refractivity contribution in [1.82, 2.24) is 14.5 Å². The summed E-state index contributed by atoms with van der Waals surface area (Å²) in [7, 11) is 0. The van der Waals surface area contributed by atoms with Crippen LogP contribution in [0, 0.1) is 0 Å². The van der Waals surface area contributed by atoms with E-state index in [9.17, 15) is 19.2 Å². The standard InChI is InChI=1S/C30H32N4O4/c1-3-5-18-31-27(35)19-21-14-16-23(17-15-21)34-29(37)24-11-7-9-13-26(24)33(30(34)38)20-28(36)32-25-12-8-6-10-22(25)4-2/h6-17H,3-5,18-20H2,1-2H3,(H,31,35)(H,32,36). The number of unbranched alkanes of at least 4 members (excludes halogenated alkanes) is 1. The van der Waals surface area contributed by atoms with Crippen molar-refractivity contribution in [2.45, 2.75) is 46.1 Å². The first-order valence-electron chi connectivity index (χ1n) is 12.9. The molecule has 0 aliphatic rings. The number of hydrogen-bond donors (Lipinski definition) is 2. The highest BCUT2D eigenvalue weighted by Gasteiger charge is 2.17. The van der Waals surface area contributed by atoms with Gasteiger partial charge in [-0.1, -0.05) is 62.7 Å².